The molecule has 0 aromatic rings. The molecular weight excluding hydrogens is 232 g/mol. The number of dihydropyridines is 1. The van der Waals surface area contributed by atoms with Crippen molar-refractivity contribution in [3.8, 4) is 0 Å². The molecule has 1 rings (SSSR count). The van der Waals surface area contributed by atoms with Crippen molar-refractivity contribution in [2.24, 2.45) is 5.73 Å². The number of hydrogen-bond donors (Lipinski definition) is 2. The molecule has 100 valence electrons. The zero-order valence-electron chi connectivity index (χ0n) is 11.1. The molecule has 1 aliphatic rings. The van der Waals surface area contributed by atoms with Crippen LogP contribution in [0.2, 0.25) is 0 Å². The molecule has 0 bridgehead atoms. The van der Waals surface area contributed by atoms with Crippen LogP contribution < -0.4 is 11.1 Å². The molecule has 0 aromatic heterocycles. The van der Waals surface area contributed by atoms with Gasteiger partial charge in [-0.2, -0.15) is 0 Å². The summed E-state index contributed by atoms with van der Waals surface area (Å²) in [5, 5.41) is 3.13. The number of Topliss-reactive ketones (excluding diaryl/α,β-unsaturated/α-hetero) is 1. The van der Waals surface area contributed by atoms with Crippen molar-refractivity contribution in [1.82, 2.24) is 5.32 Å². The summed E-state index contributed by atoms with van der Waals surface area (Å²) in [7, 11) is 0. The topological polar surface area (TPSA) is 81.4 Å². The average Bonchev–Trinajstić information content (AvgIpc) is 2.34. The van der Waals surface area contributed by atoms with E-state index in [1.807, 2.05) is 13.8 Å². The average molecular weight is 252 g/mol. The van der Waals surface area contributed by atoms with E-state index in [2.05, 4.69) is 5.32 Å². The molecule has 1 heterocycles. The molecule has 1 atom stereocenters. The molecule has 0 radical (unpaired) electrons. The highest BCUT2D eigenvalue weighted by atomic mass is 16.5. The summed E-state index contributed by atoms with van der Waals surface area (Å²) in [6, 6.07) is 0. The maximum Gasteiger partial charge on any atom is 0.249 e. The second kappa shape index (κ2) is 6.35. The third-order valence-corrected chi connectivity index (χ3v) is 2.78. The standard InChI is InChI=1S/C13H20N2O3/c1-4-9-6-10(12(14)17)13(15-11(9)5-2)18-7-8(3)16/h6,13,15H,4-5,7H2,1-3H3,(H2,14,17)/t13-/m1/s1. The van der Waals surface area contributed by atoms with Crippen molar-refractivity contribution >= 4 is 11.7 Å². The Balaban J connectivity index is 2.94. The molecule has 1 aliphatic heterocycles. The molecule has 3 N–H and O–H groups in total. The maximum absolute atomic E-state index is 11.4. The zero-order valence-corrected chi connectivity index (χ0v) is 11.1. The summed E-state index contributed by atoms with van der Waals surface area (Å²) in [6.07, 6.45) is 2.76. The number of rotatable bonds is 6. The lowest BCUT2D eigenvalue weighted by atomic mass is 9.99. The Morgan fingerprint density at radius 1 is 1.39 bits per heavy atom. The van der Waals surface area contributed by atoms with E-state index in [9.17, 15) is 9.59 Å². The molecular formula is C13H20N2O3. The molecule has 5 nitrogen and oxygen atoms in total. The number of carbonyl (C=O) groups is 2. The van der Waals surface area contributed by atoms with Crippen LogP contribution in [0, 0.1) is 0 Å². The summed E-state index contributed by atoms with van der Waals surface area (Å²) in [6.45, 7) is 5.42. The predicted molar refractivity (Wildman–Crippen MR) is 68.4 cm³/mol. The molecule has 0 fully saturated rings. The van der Waals surface area contributed by atoms with Gasteiger partial charge in [-0.25, -0.2) is 0 Å². The number of ketones is 1. The van der Waals surface area contributed by atoms with E-state index in [0.29, 0.717) is 5.57 Å². The summed E-state index contributed by atoms with van der Waals surface area (Å²) in [4.78, 5) is 22.3. The van der Waals surface area contributed by atoms with Crippen LogP contribution in [-0.4, -0.2) is 24.5 Å². The first-order chi connectivity index (χ1) is 8.49. The number of ether oxygens (including phenoxy) is 1. The van der Waals surface area contributed by atoms with E-state index in [1.54, 1.807) is 6.08 Å². The van der Waals surface area contributed by atoms with Crippen LogP contribution >= 0.6 is 0 Å². The number of carbonyl (C=O) groups excluding carboxylic acids is 2. The molecule has 0 unspecified atom stereocenters. The van der Waals surface area contributed by atoms with Gasteiger partial charge < -0.3 is 15.8 Å². The lowest BCUT2D eigenvalue weighted by Gasteiger charge is -2.28. The van der Waals surface area contributed by atoms with E-state index in [0.717, 1.165) is 24.1 Å². The Hall–Kier alpha value is -1.62. The third-order valence-electron chi connectivity index (χ3n) is 2.78. The first-order valence-corrected chi connectivity index (χ1v) is 6.10. The largest absolute Gasteiger partial charge is 0.366 e. The van der Waals surface area contributed by atoms with Gasteiger partial charge in [0.05, 0.1) is 5.57 Å². The van der Waals surface area contributed by atoms with Crippen molar-refractivity contribution < 1.29 is 14.3 Å². The predicted octanol–water partition coefficient (Wildman–Crippen LogP) is 1.01. The minimum absolute atomic E-state index is 0.0409. The van der Waals surface area contributed by atoms with Gasteiger partial charge in [-0.05, 0) is 31.4 Å². The highest BCUT2D eigenvalue weighted by Gasteiger charge is 2.25. The van der Waals surface area contributed by atoms with Gasteiger partial charge in [0.2, 0.25) is 5.91 Å². The van der Waals surface area contributed by atoms with Crippen molar-refractivity contribution in [2.45, 2.75) is 39.8 Å². The Morgan fingerprint density at radius 2 is 2.06 bits per heavy atom. The van der Waals surface area contributed by atoms with Crippen LogP contribution in [0.5, 0.6) is 0 Å². The second-order valence-electron chi connectivity index (χ2n) is 4.21. The molecule has 0 aliphatic carbocycles. The molecule has 0 saturated carbocycles. The van der Waals surface area contributed by atoms with E-state index < -0.39 is 12.1 Å². The Morgan fingerprint density at radius 3 is 2.50 bits per heavy atom. The maximum atomic E-state index is 11.4. The number of allylic oxidation sites excluding steroid dienone is 3. The normalized spacial score (nSPS) is 19.3. The van der Waals surface area contributed by atoms with Crippen LogP contribution in [0.4, 0.5) is 0 Å². The minimum Gasteiger partial charge on any atom is -0.366 e. The monoisotopic (exact) mass is 252 g/mol. The van der Waals surface area contributed by atoms with Crippen LogP contribution in [0.25, 0.3) is 0 Å². The van der Waals surface area contributed by atoms with Gasteiger partial charge in [-0.3, -0.25) is 9.59 Å². The second-order valence-corrected chi connectivity index (χ2v) is 4.21. The van der Waals surface area contributed by atoms with E-state index in [4.69, 9.17) is 10.5 Å². The molecule has 18 heavy (non-hydrogen) atoms. The molecule has 1 amide bonds. The van der Waals surface area contributed by atoms with E-state index in [1.165, 1.54) is 6.92 Å². The Bertz CT molecular complexity index is 410. The molecule has 0 saturated heterocycles. The first kappa shape index (κ1) is 14.4. The van der Waals surface area contributed by atoms with Gasteiger partial charge in [0.25, 0.3) is 0 Å². The summed E-state index contributed by atoms with van der Waals surface area (Å²) in [5.74, 6) is -0.624. The molecule has 0 aromatic carbocycles. The first-order valence-electron chi connectivity index (χ1n) is 6.10. The fourth-order valence-electron chi connectivity index (χ4n) is 1.86. The number of hydrogen-bond acceptors (Lipinski definition) is 4. The van der Waals surface area contributed by atoms with Gasteiger partial charge in [0, 0.05) is 5.70 Å². The van der Waals surface area contributed by atoms with Crippen molar-refractivity contribution in [1.29, 1.82) is 0 Å². The van der Waals surface area contributed by atoms with Gasteiger partial charge in [0.15, 0.2) is 12.0 Å². The summed E-state index contributed by atoms with van der Waals surface area (Å²) < 4.78 is 5.38. The SMILES string of the molecule is CCC1=C(CC)N[C@H](OCC(C)=O)C(C(N)=O)=C1. The zero-order chi connectivity index (χ0) is 13.7. The van der Waals surface area contributed by atoms with Crippen LogP contribution in [0.1, 0.15) is 33.6 Å². The number of primary amides is 1. The number of amides is 1. The van der Waals surface area contributed by atoms with Crippen molar-refractivity contribution in [3.05, 3.63) is 22.9 Å². The quantitative estimate of drug-likeness (QED) is 0.739. The number of nitrogens with one attached hydrogen (secondary N) is 1. The molecule has 0 spiro atoms. The van der Waals surface area contributed by atoms with Crippen molar-refractivity contribution in [2.75, 3.05) is 6.61 Å². The van der Waals surface area contributed by atoms with Gasteiger partial charge >= 0.3 is 0 Å². The lowest BCUT2D eigenvalue weighted by Crippen LogP contribution is -2.41. The third kappa shape index (κ3) is 3.43. The fraction of sp³-hybridized carbons (Fsp3) is 0.538. The van der Waals surface area contributed by atoms with E-state index >= 15 is 0 Å². The van der Waals surface area contributed by atoms with Crippen LogP contribution in [0.3, 0.4) is 0 Å². The minimum atomic E-state index is -0.628. The van der Waals surface area contributed by atoms with Crippen LogP contribution in [-0.2, 0) is 14.3 Å². The lowest BCUT2D eigenvalue weighted by molar-refractivity contribution is -0.125. The highest BCUT2D eigenvalue weighted by Crippen LogP contribution is 2.22. The fourth-order valence-corrected chi connectivity index (χ4v) is 1.86. The molecule has 5 heteroatoms. The van der Waals surface area contributed by atoms with Crippen LogP contribution in [0.15, 0.2) is 22.9 Å². The highest BCUT2D eigenvalue weighted by molar-refractivity contribution is 5.94. The van der Waals surface area contributed by atoms with Gasteiger partial charge in [0.1, 0.15) is 6.61 Å². The van der Waals surface area contributed by atoms with Gasteiger partial charge in [-0.1, -0.05) is 13.8 Å². The van der Waals surface area contributed by atoms with Crippen molar-refractivity contribution in [3.63, 3.8) is 0 Å². The summed E-state index contributed by atoms with van der Waals surface area (Å²) in [5.41, 5.74) is 7.77. The van der Waals surface area contributed by atoms with Gasteiger partial charge in [-0.15, -0.1) is 0 Å². The smallest absolute Gasteiger partial charge is 0.249 e. The van der Waals surface area contributed by atoms with E-state index in [-0.39, 0.29) is 12.4 Å². The number of nitrogens with two attached hydrogens (primary N) is 1. The summed E-state index contributed by atoms with van der Waals surface area (Å²) >= 11 is 0. The Kier molecular flexibility index (Phi) is 5.09. The Labute approximate surface area is 107 Å².